The fraction of sp³-hybridized carbons (Fsp3) is 0.333. The summed E-state index contributed by atoms with van der Waals surface area (Å²) in [6.45, 7) is 2.86. The molecule has 0 spiro atoms. The summed E-state index contributed by atoms with van der Waals surface area (Å²) in [5, 5.41) is 3.37. The molecule has 5 heteroatoms. The summed E-state index contributed by atoms with van der Waals surface area (Å²) < 4.78 is 14.4. The third-order valence-electron chi connectivity index (χ3n) is 3.12. The molecule has 106 valence electrons. The zero-order valence-corrected chi connectivity index (χ0v) is 12.9. The van der Waals surface area contributed by atoms with Gasteiger partial charge in [-0.25, -0.2) is 4.39 Å². The minimum atomic E-state index is -0.152. The van der Waals surface area contributed by atoms with Crippen molar-refractivity contribution in [3.63, 3.8) is 0 Å². The van der Waals surface area contributed by atoms with Gasteiger partial charge in [0.05, 0.1) is 5.69 Å². The molecule has 0 aliphatic heterocycles. The van der Waals surface area contributed by atoms with Gasteiger partial charge in [-0.3, -0.25) is 9.97 Å². The van der Waals surface area contributed by atoms with Crippen molar-refractivity contribution in [1.82, 2.24) is 15.3 Å². The van der Waals surface area contributed by atoms with Gasteiger partial charge in [-0.15, -0.1) is 0 Å². The minimum absolute atomic E-state index is 0.151. The Kier molecular flexibility index (Phi) is 5.61. The molecule has 2 rings (SSSR count). The molecule has 1 N–H and O–H groups in total. The lowest BCUT2D eigenvalue weighted by molar-refractivity contribution is 0.538. The summed E-state index contributed by atoms with van der Waals surface area (Å²) >= 11 is 3.26. The molecule has 1 aromatic heterocycles. The van der Waals surface area contributed by atoms with Gasteiger partial charge in [0.25, 0.3) is 0 Å². The van der Waals surface area contributed by atoms with Crippen molar-refractivity contribution in [2.24, 2.45) is 0 Å². The van der Waals surface area contributed by atoms with E-state index in [0.717, 1.165) is 35.1 Å². The van der Waals surface area contributed by atoms with E-state index in [9.17, 15) is 4.39 Å². The number of hydrogen-bond donors (Lipinski definition) is 1. The average molecular weight is 338 g/mol. The van der Waals surface area contributed by atoms with Gasteiger partial charge in [0.2, 0.25) is 0 Å². The van der Waals surface area contributed by atoms with Crippen LogP contribution in [0.4, 0.5) is 4.39 Å². The number of nitrogens with one attached hydrogen (secondary N) is 1. The van der Waals surface area contributed by atoms with Gasteiger partial charge in [0.15, 0.2) is 0 Å². The predicted octanol–water partition coefficient (Wildman–Crippen LogP) is 3.66. The Labute approximate surface area is 126 Å². The van der Waals surface area contributed by atoms with Gasteiger partial charge < -0.3 is 5.32 Å². The Morgan fingerprint density at radius 3 is 2.90 bits per heavy atom. The van der Waals surface area contributed by atoms with Crippen molar-refractivity contribution in [3.05, 3.63) is 58.3 Å². The van der Waals surface area contributed by atoms with Crippen LogP contribution in [0.25, 0.3) is 0 Å². The molecule has 0 bridgehead atoms. The molecule has 0 aliphatic carbocycles. The molecule has 2 aromatic rings. The Bertz CT molecular complexity index is 548. The number of rotatable bonds is 6. The van der Waals surface area contributed by atoms with E-state index in [1.165, 1.54) is 6.07 Å². The van der Waals surface area contributed by atoms with Crippen molar-refractivity contribution in [2.75, 3.05) is 6.54 Å². The van der Waals surface area contributed by atoms with Gasteiger partial charge in [-0.2, -0.15) is 0 Å². The van der Waals surface area contributed by atoms with Crippen LogP contribution in [0.2, 0.25) is 0 Å². The molecule has 1 atom stereocenters. The number of aromatic nitrogens is 2. The van der Waals surface area contributed by atoms with Crippen LogP contribution < -0.4 is 5.32 Å². The van der Waals surface area contributed by atoms with Crippen molar-refractivity contribution in [2.45, 2.75) is 25.8 Å². The van der Waals surface area contributed by atoms with E-state index >= 15 is 0 Å². The maximum absolute atomic E-state index is 13.6. The van der Waals surface area contributed by atoms with Crippen LogP contribution in [0.3, 0.4) is 0 Å². The molecule has 1 heterocycles. The molecule has 0 saturated carbocycles. The smallest absolute Gasteiger partial charge is 0.127 e. The number of hydrogen-bond acceptors (Lipinski definition) is 3. The second kappa shape index (κ2) is 7.45. The standard InChI is InChI=1S/C15H17BrFN3/c1-11(15-10-18-7-8-20-15)19-6-2-3-12-4-5-13(16)9-14(12)17/h4-5,7-11,19H,2-3,6H2,1H3/t11-/m1/s1. The third kappa shape index (κ3) is 4.35. The third-order valence-corrected chi connectivity index (χ3v) is 3.61. The highest BCUT2D eigenvalue weighted by Crippen LogP contribution is 2.16. The summed E-state index contributed by atoms with van der Waals surface area (Å²) in [6.07, 6.45) is 6.70. The predicted molar refractivity (Wildman–Crippen MR) is 80.9 cm³/mol. The zero-order chi connectivity index (χ0) is 14.4. The van der Waals surface area contributed by atoms with Crippen LogP contribution >= 0.6 is 15.9 Å². The van der Waals surface area contributed by atoms with Crippen molar-refractivity contribution in [3.8, 4) is 0 Å². The SMILES string of the molecule is C[C@@H](NCCCc1ccc(Br)cc1F)c1cnccn1. The number of nitrogens with zero attached hydrogens (tertiary/aromatic N) is 2. The summed E-state index contributed by atoms with van der Waals surface area (Å²) in [5.41, 5.74) is 1.67. The molecule has 0 unspecified atom stereocenters. The molecular weight excluding hydrogens is 321 g/mol. The highest BCUT2D eigenvalue weighted by molar-refractivity contribution is 9.10. The maximum atomic E-state index is 13.6. The molecule has 0 amide bonds. The second-order valence-electron chi connectivity index (χ2n) is 4.65. The van der Waals surface area contributed by atoms with Gasteiger partial charge in [-0.1, -0.05) is 22.0 Å². The molecule has 0 saturated heterocycles. The highest BCUT2D eigenvalue weighted by atomic mass is 79.9. The summed E-state index contributed by atoms with van der Waals surface area (Å²) in [6, 6.07) is 5.35. The minimum Gasteiger partial charge on any atom is -0.309 e. The molecular formula is C15H17BrFN3. The largest absolute Gasteiger partial charge is 0.309 e. The van der Waals surface area contributed by atoms with Crippen LogP contribution in [0.1, 0.15) is 30.6 Å². The first-order valence-corrected chi connectivity index (χ1v) is 7.39. The van der Waals surface area contributed by atoms with Crippen LogP contribution in [-0.2, 0) is 6.42 Å². The fourth-order valence-corrected chi connectivity index (χ4v) is 2.29. The van der Waals surface area contributed by atoms with E-state index in [2.05, 4.69) is 31.2 Å². The number of aryl methyl sites for hydroxylation is 1. The zero-order valence-electron chi connectivity index (χ0n) is 11.3. The first-order chi connectivity index (χ1) is 9.66. The summed E-state index contributed by atoms with van der Waals surface area (Å²) in [7, 11) is 0. The Hall–Kier alpha value is -1.33. The van der Waals surface area contributed by atoms with E-state index in [1.54, 1.807) is 18.6 Å². The summed E-state index contributed by atoms with van der Waals surface area (Å²) in [4.78, 5) is 8.29. The van der Waals surface area contributed by atoms with Crippen molar-refractivity contribution >= 4 is 15.9 Å². The number of benzene rings is 1. The van der Waals surface area contributed by atoms with Crippen LogP contribution in [0.15, 0.2) is 41.3 Å². The highest BCUT2D eigenvalue weighted by Gasteiger charge is 2.06. The van der Waals surface area contributed by atoms with Gasteiger partial charge in [0, 0.05) is 29.1 Å². The van der Waals surface area contributed by atoms with Gasteiger partial charge >= 0.3 is 0 Å². The summed E-state index contributed by atoms with van der Waals surface area (Å²) in [5.74, 6) is -0.152. The van der Waals surface area contributed by atoms with E-state index in [1.807, 2.05) is 19.1 Å². The lowest BCUT2D eigenvalue weighted by Crippen LogP contribution is -2.21. The number of halogens is 2. The monoisotopic (exact) mass is 337 g/mol. The normalized spacial score (nSPS) is 12.3. The average Bonchev–Trinajstić information content (AvgIpc) is 2.46. The van der Waals surface area contributed by atoms with E-state index in [4.69, 9.17) is 0 Å². The van der Waals surface area contributed by atoms with Gasteiger partial charge in [0.1, 0.15) is 5.82 Å². The maximum Gasteiger partial charge on any atom is 0.127 e. The fourth-order valence-electron chi connectivity index (χ4n) is 1.96. The first kappa shape index (κ1) is 15.1. The van der Waals surface area contributed by atoms with Crippen molar-refractivity contribution < 1.29 is 4.39 Å². The molecule has 20 heavy (non-hydrogen) atoms. The first-order valence-electron chi connectivity index (χ1n) is 6.60. The molecule has 1 aromatic carbocycles. The lowest BCUT2D eigenvalue weighted by atomic mass is 10.1. The lowest BCUT2D eigenvalue weighted by Gasteiger charge is -2.12. The van der Waals surface area contributed by atoms with Crippen LogP contribution in [-0.4, -0.2) is 16.5 Å². The van der Waals surface area contributed by atoms with Crippen LogP contribution in [0, 0.1) is 5.82 Å². The molecule has 0 fully saturated rings. The Morgan fingerprint density at radius 2 is 2.20 bits per heavy atom. The van der Waals surface area contributed by atoms with E-state index in [0.29, 0.717) is 0 Å². The van der Waals surface area contributed by atoms with E-state index < -0.39 is 0 Å². The van der Waals surface area contributed by atoms with Gasteiger partial charge in [-0.05, 0) is 44.0 Å². The topological polar surface area (TPSA) is 37.8 Å². The van der Waals surface area contributed by atoms with Crippen molar-refractivity contribution in [1.29, 1.82) is 0 Å². The Balaban J connectivity index is 1.76. The molecule has 0 aliphatic rings. The Morgan fingerprint density at radius 1 is 1.35 bits per heavy atom. The van der Waals surface area contributed by atoms with Crippen LogP contribution in [0.5, 0.6) is 0 Å². The quantitative estimate of drug-likeness (QED) is 0.817. The molecule has 3 nitrogen and oxygen atoms in total. The second-order valence-corrected chi connectivity index (χ2v) is 5.56. The molecule has 0 radical (unpaired) electrons. The van der Waals surface area contributed by atoms with E-state index in [-0.39, 0.29) is 11.9 Å².